The van der Waals surface area contributed by atoms with Crippen LogP contribution >= 0.6 is 0 Å². The topological polar surface area (TPSA) is 131 Å². The molecular formula is C16H22N4O4. The van der Waals surface area contributed by atoms with E-state index in [1.807, 2.05) is 13.0 Å². The van der Waals surface area contributed by atoms with Gasteiger partial charge in [0.25, 0.3) is 0 Å². The van der Waals surface area contributed by atoms with Gasteiger partial charge in [0.15, 0.2) is 5.96 Å². The molecule has 0 saturated carbocycles. The SMILES string of the molecule is CCN1C(=O)C(CC(=O)O)Cc2ccc(OCCN=C(N)N)cc21. The third-order valence-corrected chi connectivity index (χ3v) is 3.82. The summed E-state index contributed by atoms with van der Waals surface area (Å²) in [6.07, 6.45) is 0.261. The molecule has 130 valence electrons. The summed E-state index contributed by atoms with van der Waals surface area (Å²) < 4.78 is 5.59. The van der Waals surface area contributed by atoms with Crippen molar-refractivity contribution in [2.45, 2.75) is 19.8 Å². The summed E-state index contributed by atoms with van der Waals surface area (Å²) in [5, 5.41) is 8.97. The molecule has 0 aromatic heterocycles. The molecule has 1 aromatic rings. The Kier molecular flexibility index (Phi) is 5.62. The van der Waals surface area contributed by atoms with Crippen LogP contribution < -0.4 is 21.1 Å². The van der Waals surface area contributed by atoms with Gasteiger partial charge in [-0.3, -0.25) is 14.6 Å². The number of nitrogens with two attached hydrogens (primary N) is 2. The van der Waals surface area contributed by atoms with E-state index in [-0.39, 0.29) is 18.3 Å². The number of hydrogen-bond acceptors (Lipinski definition) is 4. The van der Waals surface area contributed by atoms with Gasteiger partial charge in [-0.25, -0.2) is 0 Å². The summed E-state index contributed by atoms with van der Waals surface area (Å²) in [5.74, 6) is -1.03. The third-order valence-electron chi connectivity index (χ3n) is 3.82. The lowest BCUT2D eigenvalue weighted by molar-refractivity contribution is -0.140. The number of fused-ring (bicyclic) bond motifs is 1. The summed E-state index contributed by atoms with van der Waals surface area (Å²) in [5.41, 5.74) is 12.2. The van der Waals surface area contributed by atoms with Crippen molar-refractivity contribution in [1.29, 1.82) is 0 Å². The molecule has 0 aliphatic carbocycles. The summed E-state index contributed by atoms with van der Waals surface area (Å²) in [7, 11) is 0. The Hall–Kier alpha value is -2.77. The first-order valence-electron chi connectivity index (χ1n) is 7.76. The van der Waals surface area contributed by atoms with Crippen LogP contribution in [0.3, 0.4) is 0 Å². The van der Waals surface area contributed by atoms with Crippen LogP contribution in [0.1, 0.15) is 18.9 Å². The zero-order chi connectivity index (χ0) is 17.7. The van der Waals surface area contributed by atoms with Gasteiger partial charge in [0.2, 0.25) is 5.91 Å². The largest absolute Gasteiger partial charge is 0.492 e. The van der Waals surface area contributed by atoms with E-state index in [2.05, 4.69) is 4.99 Å². The van der Waals surface area contributed by atoms with Crippen LogP contribution in [0.2, 0.25) is 0 Å². The summed E-state index contributed by atoms with van der Waals surface area (Å²) in [4.78, 5) is 28.9. The van der Waals surface area contributed by atoms with E-state index in [1.165, 1.54) is 0 Å². The number of carboxylic acids is 1. The molecule has 1 heterocycles. The smallest absolute Gasteiger partial charge is 0.304 e. The molecule has 0 spiro atoms. The molecule has 8 nitrogen and oxygen atoms in total. The number of aliphatic imine (C=N–C) groups is 1. The van der Waals surface area contributed by atoms with Gasteiger partial charge in [-0.1, -0.05) is 6.07 Å². The normalized spacial score (nSPS) is 16.5. The lowest BCUT2D eigenvalue weighted by atomic mass is 9.89. The Balaban J connectivity index is 2.15. The minimum atomic E-state index is -0.965. The van der Waals surface area contributed by atoms with Crippen LogP contribution in [-0.4, -0.2) is 42.6 Å². The van der Waals surface area contributed by atoms with Gasteiger partial charge in [0.1, 0.15) is 12.4 Å². The number of aliphatic carboxylic acids is 1. The fraction of sp³-hybridized carbons (Fsp3) is 0.438. The maximum Gasteiger partial charge on any atom is 0.304 e. The van der Waals surface area contributed by atoms with Crippen LogP contribution in [0.15, 0.2) is 23.2 Å². The van der Waals surface area contributed by atoms with Crippen LogP contribution in [0.25, 0.3) is 0 Å². The number of carbonyl (C=O) groups excluding carboxylic acids is 1. The van der Waals surface area contributed by atoms with Gasteiger partial charge in [-0.05, 0) is 25.0 Å². The lowest BCUT2D eigenvalue weighted by Crippen LogP contribution is -2.42. The molecule has 0 saturated heterocycles. The molecule has 0 bridgehead atoms. The lowest BCUT2D eigenvalue weighted by Gasteiger charge is -2.33. The van der Waals surface area contributed by atoms with Crippen molar-refractivity contribution in [2.24, 2.45) is 22.4 Å². The van der Waals surface area contributed by atoms with Crippen molar-refractivity contribution in [3.63, 3.8) is 0 Å². The van der Waals surface area contributed by atoms with Gasteiger partial charge in [0, 0.05) is 12.6 Å². The Labute approximate surface area is 140 Å². The number of guanidine groups is 1. The highest BCUT2D eigenvalue weighted by atomic mass is 16.5. The first-order valence-corrected chi connectivity index (χ1v) is 7.76. The second-order valence-electron chi connectivity index (χ2n) is 5.53. The molecule has 0 radical (unpaired) electrons. The zero-order valence-corrected chi connectivity index (χ0v) is 13.6. The first-order chi connectivity index (χ1) is 11.4. The van der Waals surface area contributed by atoms with E-state index in [9.17, 15) is 9.59 Å². The van der Waals surface area contributed by atoms with E-state index in [0.717, 1.165) is 11.3 Å². The minimum absolute atomic E-state index is 0.0104. The molecule has 1 aromatic carbocycles. The molecule has 1 amide bonds. The highest BCUT2D eigenvalue weighted by Crippen LogP contribution is 2.34. The monoisotopic (exact) mass is 334 g/mol. The van der Waals surface area contributed by atoms with Crippen molar-refractivity contribution in [3.8, 4) is 5.75 Å². The number of rotatable bonds is 7. The van der Waals surface area contributed by atoms with E-state index >= 15 is 0 Å². The van der Waals surface area contributed by atoms with Crippen molar-refractivity contribution in [3.05, 3.63) is 23.8 Å². The van der Waals surface area contributed by atoms with Crippen molar-refractivity contribution in [2.75, 3.05) is 24.6 Å². The third kappa shape index (κ3) is 4.15. The van der Waals surface area contributed by atoms with Crippen LogP contribution in [0.5, 0.6) is 5.75 Å². The van der Waals surface area contributed by atoms with Gasteiger partial charge in [-0.15, -0.1) is 0 Å². The average molecular weight is 334 g/mol. The van der Waals surface area contributed by atoms with Gasteiger partial charge in [-0.2, -0.15) is 0 Å². The molecule has 1 unspecified atom stereocenters. The Morgan fingerprint density at radius 2 is 2.21 bits per heavy atom. The fourth-order valence-electron chi connectivity index (χ4n) is 2.78. The van der Waals surface area contributed by atoms with E-state index in [1.54, 1.807) is 17.0 Å². The van der Waals surface area contributed by atoms with Gasteiger partial charge < -0.3 is 26.2 Å². The Morgan fingerprint density at radius 3 is 2.83 bits per heavy atom. The van der Waals surface area contributed by atoms with Crippen LogP contribution in [-0.2, 0) is 16.0 Å². The highest BCUT2D eigenvalue weighted by molar-refractivity contribution is 5.99. The second kappa shape index (κ2) is 7.67. The maximum atomic E-state index is 12.5. The molecule has 5 N–H and O–H groups in total. The minimum Gasteiger partial charge on any atom is -0.492 e. The van der Waals surface area contributed by atoms with Crippen LogP contribution in [0, 0.1) is 5.92 Å². The van der Waals surface area contributed by atoms with E-state index in [4.69, 9.17) is 21.3 Å². The van der Waals surface area contributed by atoms with Gasteiger partial charge >= 0.3 is 5.97 Å². The standard InChI is InChI=1S/C16H22N4O4/c1-2-20-13-9-12(24-6-5-19-16(17)18)4-3-10(13)7-11(15(20)23)8-14(21)22/h3-4,9,11H,2,5-8H2,1H3,(H,21,22)(H4,17,18,19). The molecule has 1 atom stereocenters. The molecule has 8 heteroatoms. The predicted octanol–water partition coefficient (Wildman–Crippen LogP) is 0.339. The summed E-state index contributed by atoms with van der Waals surface area (Å²) in [6, 6.07) is 5.47. The molecule has 24 heavy (non-hydrogen) atoms. The molecule has 2 rings (SSSR count). The second-order valence-corrected chi connectivity index (χ2v) is 5.53. The molecular weight excluding hydrogens is 312 g/mol. The predicted molar refractivity (Wildman–Crippen MR) is 90.1 cm³/mol. The Morgan fingerprint density at radius 1 is 1.46 bits per heavy atom. The zero-order valence-electron chi connectivity index (χ0n) is 13.6. The number of carbonyl (C=O) groups is 2. The van der Waals surface area contributed by atoms with Crippen molar-refractivity contribution in [1.82, 2.24) is 0 Å². The number of hydrogen-bond donors (Lipinski definition) is 3. The van der Waals surface area contributed by atoms with Crippen molar-refractivity contribution >= 4 is 23.5 Å². The number of anilines is 1. The molecule has 1 aliphatic heterocycles. The quantitative estimate of drug-likeness (QED) is 0.374. The maximum absolute atomic E-state index is 12.5. The summed E-state index contributed by atoms with van der Waals surface area (Å²) in [6.45, 7) is 2.99. The summed E-state index contributed by atoms with van der Waals surface area (Å²) >= 11 is 0. The highest BCUT2D eigenvalue weighted by Gasteiger charge is 2.33. The molecule has 0 fully saturated rings. The first kappa shape index (κ1) is 17.6. The fourth-order valence-corrected chi connectivity index (χ4v) is 2.78. The number of ether oxygens (including phenoxy) is 1. The molecule has 1 aliphatic rings. The number of nitrogens with zero attached hydrogens (tertiary/aromatic N) is 2. The number of amides is 1. The number of carboxylic acid groups (broad SMARTS) is 1. The van der Waals surface area contributed by atoms with Crippen LogP contribution in [0.4, 0.5) is 5.69 Å². The van der Waals surface area contributed by atoms with E-state index in [0.29, 0.717) is 31.9 Å². The number of benzene rings is 1. The van der Waals surface area contributed by atoms with E-state index < -0.39 is 11.9 Å². The Bertz CT molecular complexity index is 655. The van der Waals surface area contributed by atoms with Crippen molar-refractivity contribution < 1.29 is 19.4 Å². The van der Waals surface area contributed by atoms with Gasteiger partial charge in [0.05, 0.1) is 24.6 Å². The average Bonchev–Trinajstić information content (AvgIpc) is 2.52.